The van der Waals surface area contributed by atoms with Crippen LogP contribution in [0.1, 0.15) is 33.6 Å². The lowest BCUT2D eigenvalue weighted by Gasteiger charge is -2.35. The van der Waals surface area contributed by atoms with Gasteiger partial charge in [0.05, 0.1) is 11.1 Å². The van der Waals surface area contributed by atoms with Crippen LogP contribution in [0.2, 0.25) is 0 Å². The van der Waals surface area contributed by atoms with Gasteiger partial charge in [-0.3, -0.25) is 0 Å². The zero-order valence-electron chi connectivity index (χ0n) is 13.5. The molecule has 1 saturated carbocycles. The molecule has 8 nitrogen and oxygen atoms in total. The summed E-state index contributed by atoms with van der Waals surface area (Å²) in [4.78, 5) is 24.2. The maximum Gasteiger partial charge on any atom is 0.338 e. The Hall–Kier alpha value is -3.42. The van der Waals surface area contributed by atoms with Crippen LogP contribution in [0.25, 0.3) is 0 Å². The van der Waals surface area contributed by atoms with Crippen LogP contribution < -0.4 is 0 Å². The molecule has 0 aromatic heterocycles. The highest BCUT2D eigenvalue weighted by molar-refractivity contribution is 5.91. The highest BCUT2D eigenvalue weighted by atomic mass is 16.6. The summed E-state index contributed by atoms with van der Waals surface area (Å²) in [5.74, 6) is -2.65. The fraction of sp³-hybridized carbons (Fsp3) is 0.222. The molecule has 26 heavy (non-hydrogen) atoms. The minimum Gasteiger partial charge on any atom is -0.508 e. The monoisotopic (exact) mass is 360 g/mol. The number of hydrogen-bond acceptors (Lipinski definition) is 8. The zero-order chi connectivity index (χ0) is 18.8. The minimum atomic E-state index is -0.767. The van der Waals surface area contributed by atoms with Crippen LogP contribution in [0.4, 0.5) is 0 Å². The second-order valence-electron chi connectivity index (χ2n) is 5.94. The maximum atomic E-state index is 12.1. The molecule has 136 valence electrons. The summed E-state index contributed by atoms with van der Waals surface area (Å²) >= 11 is 0. The Morgan fingerprint density at radius 2 is 0.962 bits per heavy atom. The summed E-state index contributed by atoms with van der Waals surface area (Å²) in [6.07, 6.45) is -0.358. The average Bonchev–Trinajstić information content (AvgIpc) is 2.54. The zero-order valence-corrected chi connectivity index (χ0v) is 13.5. The first-order valence-electron chi connectivity index (χ1n) is 7.80. The van der Waals surface area contributed by atoms with E-state index in [0.29, 0.717) is 12.8 Å². The predicted molar refractivity (Wildman–Crippen MR) is 87.2 cm³/mol. The molecule has 2 atom stereocenters. The molecule has 0 saturated heterocycles. The maximum absolute atomic E-state index is 12.1. The third-order valence-electron chi connectivity index (χ3n) is 3.94. The smallest absolute Gasteiger partial charge is 0.338 e. The first kappa shape index (κ1) is 17.4. The second-order valence-corrected chi connectivity index (χ2v) is 5.94. The molecule has 2 aromatic carbocycles. The van der Waals surface area contributed by atoms with E-state index in [2.05, 4.69) is 0 Å². The third-order valence-corrected chi connectivity index (χ3v) is 3.94. The van der Waals surface area contributed by atoms with Crippen molar-refractivity contribution in [1.82, 2.24) is 0 Å². The Bertz CT molecular complexity index is 748. The highest BCUT2D eigenvalue weighted by Crippen LogP contribution is 2.30. The summed E-state index contributed by atoms with van der Waals surface area (Å²) in [7, 11) is 0. The molecule has 2 unspecified atom stereocenters. The number of phenols is 4. The van der Waals surface area contributed by atoms with E-state index in [-0.39, 0.29) is 34.1 Å². The van der Waals surface area contributed by atoms with Gasteiger partial charge in [0.25, 0.3) is 0 Å². The lowest BCUT2D eigenvalue weighted by molar-refractivity contribution is -0.0808. The molecule has 1 aliphatic carbocycles. The van der Waals surface area contributed by atoms with Crippen LogP contribution in [0.3, 0.4) is 0 Å². The van der Waals surface area contributed by atoms with Gasteiger partial charge in [0.2, 0.25) is 0 Å². The lowest BCUT2D eigenvalue weighted by Crippen LogP contribution is -2.43. The molecule has 3 rings (SSSR count). The molecule has 2 aromatic rings. The molecule has 8 heteroatoms. The quantitative estimate of drug-likeness (QED) is 0.609. The van der Waals surface area contributed by atoms with Gasteiger partial charge in [0, 0.05) is 12.1 Å². The molecule has 1 fully saturated rings. The fourth-order valence-electron chi connectivity index (χ4n) is 2.55. The molecule has 0 spiro atoms. The van der Waals surface area contributed by atoms with Gasteiger partial charge in [-0.2, -0.15) is 0 Å². The molecular weight excluding hydrogens is 344 g/mol. The number of rotatable bonds is 4. The van der Waals surface area contributed by atoms with E-state index in [1.165, 1.54) is 0 Å². The van der Waals surface area contributed by atoms with Crippen molar-refractivity contribution in [3.63, 3.8) is 0 Å². The van der Waals surface area contributed by atoms with E-state index in [1.807, 2.05) is 0 Å². The Morgan fingerprint density at radius 3 is 1.23 bits per heavy atom. The largest absolute Gasteiger partial charge is 0.508 e. The molecule has 0 bridgehead atoms. The number of phenolic OH excluding ortho intramolecular Hbond substituents is 4. The molecule has 0 amide bonds. The SMILES string of the molecule is O=C(OC1CCC1OC(=O)c1cc(O)cc(O)c1)c1cc(O)cc(O)c1. The van der Waals surface area contributed by atoms with Gasteiger partial charge in [-0.15, -0.1) is 0 Å². The van der Waals surface area contributed by atoms with Crippen molar-refractivity contribution in [3.8, 4) is 23.0 Å². The van der Waals surface area contributed by atoms with Crippen molar-refractivity contribution in [1.29, 1.82) is 0 Å². The van der Waals surface area contributed by atoms with E-state index < -0.39 is 24.1 Å². The minimum absolute atomic E-state index is 0.0302. The number of carbonyl (C=O) groups is 2. The summed E-state index contributed by atoms with van der Waals surface area (Å²) in [6.45, 7) is 0. The number of carbonyl (C=O) groups excluding carboxylic acids is 2. The van der Waals surface area contributed by atoms with Gasteiger partial charge in [0.1, 0.15) is 35.2 Å². The Morgan fingerprint density at radius 1 is 0.654 bits per heavy atom. The fourth-order valence-corrected chi connectivity index (χ4v) is 2.55. The number of hydrogen-bond donors (Lipinski definition) is 4. The summed E-state index contributed by atoms with van der Waals surface area (Å²) in [5, 5.41) is 37.6. The van der Waals surface area contributed by atoms with E-state index in [4.69, 9.17) is 9.47 Å². The van der Waals surface area contributed by atoms with Gasteiger partial charge in [-0.05, 0) is 37.1 Å². The van der Waals surface area contributed by atoms with E-state index in [0.717, 1.165) is 36.4 Å². The molecule has 4 N–H and O–H groups in total. The van der Waals surface area contributed by atoms with Crippen LogP contribution in [-0.4, -0.2) is 44.6 Å². The van der Waals surface area contributed by atoms with E-state index >= 15 is 0 Å². The summed E-state index contributed by atoms with van der Waals surface area (Å²) < 4.78 is 10.5. The third kappa shape index (κ3) is 3.80. The Kier molecular flexibility index (Phi) is 4.57. The first-order chi connectivity index (χ1) is 12.3. The Balaban J connectivity index is 1.62. The van der Waals surface area contributed by atoms with Crippen LogP contribution in [0.5, 0.6) is 23.0 Å². The van der Waals surface area contributed by atoms with Crippen molar-refractivity contribution in [2.75, 3.05) is 0 Å². The standard InChI is InChI=1S/C18H16O8/c19-11-3-9(4-12(20)7-11)17(23)25-15-1-2-16(15)26-18(24)10-5-13(21)8-14(22)6-10/h3-8,15-16,19-22H,1-2H2. The normalized spacial score (nSPS) is 18.6. The van der Waals surface area contributed by atoms with Gasteiger partial charge in [-0.25, -0.2) is 9.59 Å². The van der Waals surface area contributed by atoms with Crippen molar-refractivity contribution in [3.05, 3.63) is 47.5 Å². The number of benzene rings is 2. The lowest BCUT2D eigenvalue weighted by atomic mass is 9.91. The van der Waals surface area contributed by atoms with E-state index in [9.17, 15) is 30.0 Å². The van der Waals surface area contributed by atoms with E-state index in [1.54, 1.807) is 0 Å². The Labute approximate surface area is 147 Å². The van der Waals surface area contributed by atoms with Crippen molar-refractivity contribution < 1.29 is 39.5 Å². The van der Waals surface area contributed by atoms with Gasteiger partial charge >= 0.3 is 11.9 Å². The molecule has 0 radical (unpaired) electrons. The number of esters is 2. The molecule has 0 aliphatic heterocycles. The molecular formula is C18H16O8. The van der Waals surface area contributed by atoms with Crippen LogP contribution in [0, 0.1) is 0 Å². The van der Waals surface area contributed by atoms with Crippen molar-refractivity contribution in [2.45, 2.75) is 25.0 Å². The van der Waals surface area contributed by atoms with Gasteiger partial charge < -0.3 is 29.9 Å². The first-order valence-corrected chi connectivity index (χ1v) is 7.80. The van der Waals surface area contributed by atoms with Crippen LogP contribution in [-0.2, 0) is 9.47 Å². The van der Waals surface area contributed by atoms with Crippen LogP contribution in [0.15, 0.2) is 36.4 Å². The molecule has 1 aliphatic rings. The topological polar surface area (TPSA) is 134 Å². The second kappa shape index (κ2) is 6.83. The van der Waals surface area contributed by atoms with Crippen LogP contribution >= 0.6 is 0 Å². The molecule has 0 heterocycles. The summed E-state index contributed by atoms with van der Waals surface area (Å²) in [6, 6.07) is 6.76. The average molecular weight is 360 g/mol. The van der Waals surface area contributed by atoms with Gasteiger partial charge in [-0.1, -0.05) is 0 Å². The van der Waals surface area contributed by atoms with Crippen molar-refractivity contribution in [2.24, 2.45) is 0 Å². The predicted octanol–water partition coefficient (Wildman–Crippen LogP) is 2.05. The number of aromatic hydroxyl groups is 4. The summed E-state index contributed by atoms with van der Waals surface area (Å²) in [5.41, 5.74) is -0.0604. The highest BCUT2D eigenvalue weighted by Gasteiger charge is 2.38. The van der Waals surface area contributed by atoms with Gasteiger partial charge in [0.15, 0.2) is 0 Å². The van der Waals surface area contributed by atoms with Crippen molar-refractivity contribution >= 4 is 11.9 Å². The number of ether oxygens (including phenoxy) is 2.